The molecule has 0 aliphatic heterocycles. The molecule has 0 aromatic rings. The first kappa shape index (κ1) is 14.5. The van der Waals surface area contributed by atoms with Crippen LogP contribution in [-0.4, -0.2) is 0 Å². The van der Waals surface area contributed by atoms with Crippen molar-refractivity contribution >= 4 is 12.4 Å². The average molecular weight is 255 g/mol. The van der Waals surface area contributed by atoms with Crippen molar-refractivity contribution in [2.75, 3.05) is 0 Å². The van der Waals surface area contributed by atoms with Crippen LogP contribution in [0.5, 0.6) is 0 Å². The summed E-state index contributed by atoms with van der Waals surface area (Å²) in [5.74, 6) is 0. The van der Waals surface area contributed by atoms with Crippen molar-refractivity contribution in [2.45, 2.75) is 43.0 Å². The van der Waals surface area contributed by atoms with Gasteiger partial charge in [-0.25, -0.2) is 0 Å². The Morgan fingerprint density at radius 1 is 0.929 bits per heavy atom. The summed E-state index contributed by atoms with van der Waals surface area (Å²) < 4.78 is 1.65. The normalized spacial score (nSPS) is 27.5. The van der Waals surface area contributed by atoms with Gasteiger partial charge >= 0.3 is 76.6 Å². The molecule has 0 radical (unpaired) electrons. The molecule has 2 heteroatoms. The third-order valence-electron chi connectivity index (χ3n) is 3.02. The van der Waals surface area contributed by atoms with E-state index in [9.17, 15) is 0 Å². The molecular weight excluding hydrogens is 227 g/mol. The number of rotatable bonds is 1. The fourth-order valence-electron chi connectivity index (χ4n) is 1.75. The Hall–Kier alpha value is 0.484. The van der Waals surface area contributed by atoms with Crippen LogP contribution in [-0.2, 0) is 11.5 Å². The van der Waals surface area contributed by atoms with Gasteiger partial charge in [0.2, 0.25) is 0 Å². The van der Waals surface area contributed by atoms with E-state index in [0.717, 1.165) is 6.42 Å². The van der Waals surface area contributed by atoms with Gasteiger partial charge in [-0.05, 0) is 0 Å². The van der Waals surface area contributed by atoms with Gasteiger partial charge in [-0.2, -0.15) is 0 Å². The van der Waals surface area contributed by atoms with E-state index >= 15 is 0 Å². The SMILES string of the molecule is Cl.[CH3][Ti]([CH3])([CH3])([CH3])([CH3])([CH3])([CH3])[C]1=CC=CC1. The van der Waals surface area contributed by atoms with Crippen LogP contribution in [0.25, 0.3) is 0 Å². The molecule has 0 aromatic heterocycles. The molecule has 0 fully saturated rings. The third-order valence-corrected chi connectivity index (χ3v) is 10.6. The molecule has 0 unspecified atom stereocenters. The Labute approximate surface area is 88.7 Å². The van der Waals surface area contributed by atoms with Crippen LogP contribution >= 0.6 is 12.4 Å². The van der Waals surface area contributed by atoms with E-state index in [1.165, 1.54) is 0 Å². The van der Waals surface area contributed by atoms with Crippen molar-refractivity contribution in [3.8, 4) is 0 Å². The van der Waals surface area contributed by atoms with Gasteiger partial charge in [0.15, 0.2) is 0 Å². The Bertz CT molecular complexity index is 341. The Morgan fingerprint density at radius 3 is 1.50 bits per heavy atom. The Kier molecular flexibility index (Phi) is 1.73. The van der Waals surface area contributed by atoms with Crippen molar-refractivity contribution in [3.63, 3.8) is 0 Å². The van der Waals surface area contributed by atoms with Crippen LogP contribution in [0.1, 0.15) is 6.42 Å². The van der Waals surface area contributed by atoms with E-state index in [4.69, 9.17) is 0 Å². The minimum absolute atomic E-state index is 0. The van der Waals surface area contributed by atoms with Crippen molar-refractivity contribution in [2.24, 2.45) is 0 Å². The summed E-state index contributed by atoms with van der Waals surface area (Å²) in [4.78, 5) is 0. The van der Waals surface area contributed by atoms with Crippen LogP contribution in [0.4, 0.5) is 0 Å². The van der Waals surface area contributed by atoms with Crippen molar-refractivity contribution in [1.82, 2.24) is 0 Å². The van der Waals surface area contributed by atoms with E-state index in [1.54, 1.807) is 3.88 Å². The number of hydrogen-bond donors (Lipinski definition) is 0. The molecular formula is C12H27ClTi. The summed E-state index contributed by atoms with van der Waals surface area (Å²) in [5, 5.41) is 17.5. The molecule has 0 nitrogen and oxygen atoms in total. The maximum absolute atomic E-state index is 3.72. The average Bonchev–Trinajstić information content (AvgIpc) is 1.97. The summed E-state index contributed by atoms with van der Waals surface area (Å²) in [6.45, 7) is 0. The Morgan fingerprint density at radius 2 is 1.36 bits per heavy atom. The molecule has 14 heavy (non-hydrogen) atoms. The molecule has 0 atom stereocenters. The van der Waals surface area contributed by atoms with Gasteiger partial charge in [-0.3, -0.25) is 0 Å². The van der Waals surface area contributed by atoms with Crippen LogP contribution in [0.3, 0.4) is 0 Å². The quantitative estimate of drug-likeness (QED) is 0.512. The van der Waals surface area contributed by atoms with Gasteiger partial charge in [0.05, 0.1) is 0 Å². The summed E-state index contributed by atoms with van der Waals surface area (Å²) in [7, 11) is 0. The minimum atomic E-state index is -3.72. The zero-order valence-electron chi connectivity index (χ0n) is 10.8. The predicted molar refractivity (Wildman–Crippen MR) is 70.1 cm³/mol. The molecule has 1 aliphatic carbocycles. The molecule has 1 aliphatic rings. The van der Waals surface area contributed by atoms with Gasteiger partial charge in [0, 0.05) is 0 Å². The summed E-state index contributed by atoms with van der Waals surface area (Å²) in [6, 6.07) is 0. The topological polar surface area (TPSA) is 0 Å². The first-order chi connectivity index (χ1) is 5.00. The number of halogens is 1. The van der Waals surface area contributed by atoms with Crippen LogP contribution in [0, 0.1) is 0 Å². The molecule has 0 amide bonds. The van der Waals surface area contributed by atoms with E-state index in [2.05, 4.69) is 54.8 Å². The second-order valence-electron chi connectivity index (χ2n) is 13.6. The third kappa shape index (κ3) is 3.57. The molecule has 0 heterocycles. The first-order valence-corrected chi connectivity index (χ1v) is 17.2. The first-order valence-electron chi connectivity index (χ1n) is 5.47. The summed E-state index contributed by atoms with van der Waals surface area (Å²) in [6.07, 6.45) is 7.95. The second kappa shape index (κ2) is 1.67. The summed E-state index contributed by atoms with van der Waals surface area (Å²) in [5.41, 5.74) is 0. The fraction of sp³-hybridized carbons (Fsp3) is 0.667. The fourth-order valence-corrected chi connectivity index (χ4v) is 6.13. The van der Waals surface area contributed by atoms with Gasteiger partial charge in [0.25, 0.3) is 0 Å². The maximum atomic E-state index is 2.51. The second-order valence-corrected chi connectivity index (χ2v) is 52.8. The van der Waals surface area contributed by atoms with Gasteiger partial charge in [-0.15, -0.1) is 12.4 Å². The zero-order valence-corrected chi connectivity index (χ0v) is 13.2. The Balaban J connectivity index is 0.00000169. The van der Waals surface area contributed by atoms with Crippen molar-refractivity contribution < 1.29 is 11.5 Å². The zero-order chi connectivity index (χ0) is 10.8. The van der Waals surface area contributed by atoms with Crippen molar-refractivity contribution in [1.29, 1.82) is 0 Å². The summed E-state index contributed by atoms with van der Waals surface area (Å²) >= 11 is -3.72. The van der Waals surface area contributed by atoms with E-state index in [-0.39, 0.29) is 12.4 Å². The molecule has 0 N–H and O–H groups in total. The van der Waals surface area contributed by atoms with Gasteiger partial charge < -0.3 is 0 Å². The van der Waals surface area contributed by atoms with Gasteiger partial charge in [0.1, 0.15) is 0 Å². The molecule has 0 saturated heterocycles. The number of allylic oxidation sites excluding steroid dienone is 4. The molecule has 0 saturated carbocycles. The van der Waals surface area contributed by atoms with Crippen molar-refractivity contribution in [3.05, 3.63) is 22.1 Å². The van der Waals surface area contributed by atoms with Crippen LogP contribution < -0.4 is 0 Å². The van der Waals surface area contributed by atoms with Gasteiger partial charge in [-0.1, -0.05) is 0 Å². The molecule has 0 bridgehead atoms. The molecule has 86 valence electrons. The van der Waals surface area contributed by atoms with Crippen LogP contribution in [0.15, 0.2) is 22.1 Å². The van der Waals surface area contributed by atoms with E-state index in [1.807, 2.05) is 0 Å². The predicted octanol–water partition coefficient (Wildman–Crippen LogP) is 5.89. The molecule has 1 rings (SSSR count). The molecule has 0 aromatic carbocycles. The standard InChI is InChI=1S/C5H5.7CH3.ClH.Ti/c1-2-4-5-3-1;;;;;;;;;/h1-3H,4H2;7*1H3;1H;. The van der Waals surface area contributed by atoms with E-state index in [0.29, 0.717) is 0 Å². The number of hydrogen-bond acceptors (Lipinski definition) is 0. The molecule has 0 spiro atoms. The van der Waals surface area contributed by atoms with E-state index < -0.39 is 11.5 Å². The monoisotopic (exact) mass is 254 g/mol. The van der Waals surface area contributed by atoms with Crippen LogP contribution in [0.2, 0.25) is 36.6 Å².